The van der Waals surface area contributed by atoms with Crippen LogP contribution in [0.4, 0.5) is 5.69 Å². The third kappa shape index (κ3) is 3.80. The standard InChI is InChI=1S/C46H30N4O/c1-3-12-42-32(4-2)35-20-22-39-43(44(35)51-42)46-25-29(28-13-6-5-7-14-28)19-21-36(46)45(46)50(39)41-24-31(27-48)30(26-47)23-40(41)49-37-17-10-8-15-33(37)34-16-9-11-18-38(34)49/h2-3,5-25,36,39,43,45H,1H3/b12-3-/t36?,39?,43?,45?,46-/m1/s1. The number of nitrogens with zero attached hydrogens (tertiary/aromatic N) is 4. The first-order valence-electron chi connectivity index (χ1n) is 17.3. The zero-order valence-corrected chi connectivity index (χ0v) is 27.8. The van der Waals surface area contributed by atoms with E-state index in [0.29, 0.717) is 16.9 Å². The summed E-state index contributed by atoms with van der Waals surface area (Å²) in [4.78, 5) is 2.51. The predicted molar refractivity (Wildman–Crippen MR) is 203 cm³/mol. The number of piperidine rings is 1. The van der Waals surface area contributed by atoms with Crippen LogP contribution < -0.4 is 4.90 Å². The normalized spacial score (nSPS) is 23.6. The van der Waals surface area contributed by atoms with Gasteiger partial charge in [-0.2, -0.15) is 10.5 Å². The number of rotatable bonds is 4. The number of terminal acetylenes is 1. The molecule has 0 bridgehead atoms. The van der Waals surface area contributed by atoms with Crippen LogP contribution in [-0.4, -0.2) is 16.7 Å². The number of hydrogen-bond acceptors (Lipinski definition) is 4. The Morgan fingerprint density at radius 2 is 1.49 bits per heavy atom. The molecule has 1 aliphatic heterocycles. The number of fused-ring (bicyclic) bond motifs is 7. The van der Waals surface area contributed by atoms with Crippen molar-refractivity contribution in [3.8, 4) is 30.2 Å². The number of hydrogen-bond donors (Lipinski definition) is 0. The van der Waals surface area contributed by atoms with Crippen molar-refractivity contribution < 1.29 is 4.42 Å². The lowest BCUT2D eigenvalue weighted by molar-refractivity contribution is 0.374. The molecule has 2 fully saturated rings. The Balaban J connectivity index is 1.26. The molecule has 3 heterocycles. The first-order chi connectivity index (χ1) is 25.1. The highest BCUT2D eigenvalue weighted by Crippen LogP contribution is 2.75. The average molecular weight is 655 g/mol. The molecular formula is C46H30N4O. The zero-order valence-electron chi connectivity index (χ0n) is 27.8. The molecule has 3 aliphatic carbocycles. The Morgan fingerprint density at radius 1 is 0.824 bits per heavy atom. The molecule has 1 saturated carbocycles. The fourth-order valence-electron chi connectivity index (χ4n) is 9.48. The highest BCUT2D eigenvalue weighted by atomic mass is 16.3. The number of allylic oxidation sites excluding steroid dienone is 3. The van der Waals surface area contributed by atoms with Gasteiger partial charge in [0.15, 0.2) is 0 Å². The number of benzene rings is 4. The largest absolute Gasteiger partial charge is 0.459 e. The minimum absolute atomic E-state index is 0.0468. The summed E-state index contributed by atoms with van der Waals surface area (Å²) >= 11 is 0. The number of nitriles is 2. The lowest BCUT2D eigenvalue weighted by Crippen LogP contribution is -2.38. The van der Waals surface area contributed by atoms with Crippen molar-refractivity contribution in [3.63, 3.8) is 0 Å². The highest BCUT2D eigenvalue weighted by molar-refractivity contribution is 6.09. The maximum atomic E-state index is 10.4. The summed E-state index contributed by atoms with van der Waals surface area (Å²) < 4.78 is 9.05. The third-order valence-corrected chi connectivity index (χ3v) is 11.5. The monoisotopic (exact) mass is 654 g/mol. The summed E-state index contributed by atoms with van der Waals surface area (Å²) in [5, 5.41) is 23.0. The summed E-state index contributed by atoms with van der Waals surface area (Å²) in [6, 6.07) is 35.8. The maximum absolute atomic E-state index is 10.4. The van der Waals surface area contributed by atoms with Crippen LogP contribution in [0.3, 0.4) is 0 Å². The lowest BCUT2D eigenvalue weighted by atomic mass is 9.74. The van der Waals surface area contributed by atoms with Gasteiger partial charge in [-0.15, -0.1) is 6.42 Å². The molecule has 0 N–H and O–H groups in total. The maximum Gasteiger partial charge on any atom is 0.142 e. The van der Waals surface area contributed by atoms with E-state index in [2.05, 4.69) is 131 Å². The lowest BCUT2D eigenvalue weighted by Gasteiger charge is -2.37. The molecule has 4 aromatic carbocycles. The second kappa shape index (κ2) is 10.6. The van der Waals surface area contributed by atoms with Crippen molar-refractivity contribution in [3.05, 3.63) is 161 Å². The molecule has 51 heavy (non-hydrogen) atoms. The second-order valence-corrected chi connectivity index (χ2v) is 13.8. The number of para-hydroxylation sites is 2. The summed E-state index contributed by atoms with van der Waals surface area (Å²) in [6.07, 6.45) is 21.5. The van der Waals surface area contributed by atoms with Crippen molar-refractivity contribution in [2.75, 3.05) is 4.90 Å². The van der Waals surface area contributed by atoms with Crippen LogP contribution in [0, 0.1) is 46.3 Å². The van der Waals surface area contributed by atoms with Gasteiger partial charge in [0.2, 0.25) is 0 Å². The Labute approximate surface area is 296 Å². The Hall–Kier alpha value is -6.74. The molecule has 10 rings (SSSR count). The summed E-state index contributed by atoms with van der Waals surface area (Å²) in [5.41, 5.74) is 8.39. The Kier molecular flexibility index (Phi) is 6.09. The summed E-state index contributed by atoms with van der Waals surface area (Å²) in [7, 11) is 0. The van der Waals surface area contributed by atoms with Gasteiger partial charge in [-0.1, -0.05) is 109 Å². The van der Waals surface area contributed by atoms with Crippen molar-refractivity contribution in [1.29, 1.82) is 10.5 Å². The number of anilines is 1. The first-order valence-corrected chi connectivity index (χ1v) is 17.3. The van der Waals surface area contributed by atoms with Crippen molar-refractivity contribution >= 4 is 45.2 Å². The minimum Gasteiger partial charge on any atom is -0.459 e. The summed E-state index contributed by atoms with van der Waals surface area (Å²) in [5.74, 6) is 4.68. The van der Waals surface area contributed by atoms with E-state index < -0.39 is 0 Å². The van der Waals surface area contributed by atoms with E-state index in [0.717, 1.165) is 50.1 Å². The van der Waals surface area contributed by atoms with Crippen molar-refractivity contribution in [2.24, 2.45) is 11.3 Å². The molecule has 5 heteroatoms. The fraction of sp³-hybridized carbons (Fsp3) is 0.130. The molecule has 4 aliphatic rings. The van der Waals surface area contributed by atoms with Gasteiger partial charge in [0.1, 0.15) is 23.7 Å². The molecule has 0 radical (unpaired) electrons. The molecule has 5 atom stereocenters. The molecule has 240 valence electrons. The number of furan rings is 1. The van der Waals surface area contributed by atoms with Crippen LogP contribution in [0.1, 0.15) is 52.2 Å². The predicted octanol–water partition coefficient (Wildman–Crippen LogP) is 9.77. The second-order valence-electron chi connectivity index (χ2n) is 13.8. The van der Waals surface area contributed by atoms with Gasteiger partial charge in [-0.05, 0) is 48.4 Å². The van der Waals surface area contributed by atoms with Gasteiger partial charge in [-0.25, -0.2) is 0 Å². The van der Waals surface area contributed by atoms with E-state index in [1.54, 1.807) is 0 Å². The van der Waals surface area contributed by atoms with E-state index in [1.807, 2.05) is 37.3 Å². The van der Waals surface area contributed by atoms with Crippen LogP contribution in [0.25, 0.3) is 45.2 Å². The smallest absolute Gasteiger partial charge is 0.142 e. The zero-order chi connectivity index (χ0) is 34.4. The SMILES string of the molecule is C#Cc1c(/C=C\C)oc2c1C=CC1C2[C@@]23C=C(c4ccccc4)C=CC2C3N1c1cc(C#N)c(C#N)cc1-n1c2ccccc2c2ccccc21. The van der Waals surface area contributed by atoms with E-state index >= 15 is 0 Å². The van der Waals surface area contributed by atoms with Crippen LogP contribution in [0.2, 0.25) is 0 Å². The van der Waals surface area contributed by atoms with E-state index in [9.17, 15) is 10.5 Å². The van der Waals surface area contributed by atoms with Gasteiger partial charge in [0, 0.05) is 33.7 Å². The molecule has 4 unspecified atom stereocenters. The molecular weight excluding hydrogens is 625 g/mol. The Morgan fingerprint density at radius 3 is 2.16 bits per heavy atom. The van der Waals surface area contributed by atoms with E-state index in [4.69, 9.17) is 10.8 Å². The van der Waals surface area contributed by atoms with Crippen molar-refractivity contribution in [1.82, 2.24) is 4.57 Å². The highest BCUT2D eigenvalue weighted by Gasteiger charge is 2.77. The first kappa shape index (κ1) is 29.2. The fourth-order valence-corrected chi connectivity index (χ4v) is 9.48. The molecule has 1 saturated heterocycles. The third-order valence-electron chi connectivity index (χ3n) is 11.5. The molecule has 1 spiro atoms. The van der Waals surface area contributed by atoms with Gasteiger partial charge in [-0.3, -0.25) is 0 Å². The van der Waals surface area contributed by atoms with E-state index in [1.165, 1.54) is 11.1 Å². The number of aromatic nitrogens is 1. The molecule has 0 amide bonds. The minimum atomic E-state index is -0.292. The van der Waals surface area contributed by atoms with Crippen LogP contribution >= 0.6 is 0 Å². The van der Waals surface area contributed by atoms with Gasteiger partial charge in [0.05, 0.1) is 51.1 Å². The van der Waals surface area contributed by atoms with Gasteiger partial charge in [0.25, 0.3) is 0 Å². The van der Waals surface area contributed by atoms with Crippen molar-refractivity contribution in [2.45, 2.75) is 24.9 Å². The topological polar surface area (TPSA) is 68.9 Å². The van der Waals surface area contributed by atoms with Gasteiger partial charge < -0.3 is 13.9 Å². The van der Waals surface area contributed by atoms with E-state index in [-0.39, 0.29) is 29.3 Å². The quantitative estimate of drug-likeness (QED) is 0.178. The van der Waals surface area contributed by atoms with Gasteiger partial charge >= 0.3 is 0 Å². The van der Waals surface area contributed by atoms with Crippen LogP contribution in [0.5, 0.6) is 0 Å². The average Bonchev–Trinajstić information content (AvgIpc) is 3.38. The summed E-state index contributed by atoms with van der Waals surface area (Å²) in [6.45, 7) is 1.97. The Bertz CT molecular complexity index is 2680. The van der Waals surface area contributed by atoms with Crippen LogP contribution in [-0.2, 0) is 0 Å². The molecule has 6 aromatic rings. The molecule has 5 nitrogen and oxygen atoms in total. The van der Waals surface area contributed by atoms with Crippen LogP contribution in [0.15, 0.2) is 126 Å². The molecule has 2 aromatic heterocycles.